The molecule has 0 radical (unpaired) electrons. The van der Waals surface area contributed by atoms with Crippen LogP contribution in [0.5, 0.6) is 0 Å². The van der Waals surface area contributed by atoms with E-state index < -0.39 is 0 Å². The molecule has 0 amide bonds. The average Bonchev–Trinajstić information content (AvgIpc) is 3.32. The van der Waals surface area contributed by atoms with Gasteiger partial charge in [-0.25, -0.2) is 0 Å². The Morgan fingerprint density at radius 3 is 1.46 bits per heavy atom. The second-order valence-corrected chi connectivity index (χ2v) is 16.3. The van der Waals surface area contributed by atoms with Crippen LogP contribution in [0.1, 0.15) is 77.6 Å². The lowest BCUT2D eigenvalue weighted by Gasteiger charge is -2.29. The van der Waals surface area contributed by atoms with Crippen LogP contribution in [-0.4, -0.2) is 0 Å². The highest BCUT2D eigenvalue weighted by Gasteiger charge is 2.39. The zero-order valence-electron chi connectivity index (χ0n) is 29.6. The number of nitrogens with zero attached hydrogens (tertiary/aromatic N) is 1. The number of benzene rings is 7. The molecule has 0 fully saturated rings. The van der Waals surface area contributed by atoms with Gasteiger partial charge >= 0.3 is 0 Å². The van der Waals surface area contributed by atoms with Crippen LogP contribution in [0.3, 0.4) is 0 Å². The van der Waals surface area contributed by atoms with E-state index in [-0.39, 0.29) is 16.2 Å². The van der Waals surface area contributed by atoms with Crippen molar-refractivity contribution in [1.29, 1.82) is 0 Å². The minimum Gasteiger partial charge on any atom is -0.310 e. The Labute approximate surface area is 285 Å². The SMILES string of the molecule is CC(C)(C)c1ccc(N(c2ccc(C(C)(C)C)cc2)c2ccc3c4c(ccc3c2)-c2c(c3ccccc3c3ccccc23)C4(C)C)cc1. The van der Waals surface area contributed by atoms with Gasteiger partial charge in [0.25, 0.3) is 0 Å². The maximum absolute atomic E-state index is 2.42. The molecule has 0 saturated carbocycles. The fraction of sp³-hybridized carbons (Fsp3) is 0.234. The van der Waals surface area contributed by atoms with Gasteiger partial charge in [-0.3, -0.25) is 0 Å². The zero-order chi connectivity index (χ0) is 33.6. The molecular weight excluding hydrogens is 579 g/mol. The molecule has 1 heteroatoms. The first-order valence-corrected chi connectivity index (χ1v) is 17.4. The first kappa shape index (κ1) is 30.5. The van der Waals surface area contributed by atoms with Gasteiger partial charge in [0.15, 0.2) is 0 Å². The van der Waals surface area contributed by atoms with Crippen LogP contribution in [0.25, 0.3) is 43.4 Å². The zero-order valence-corrected chi connectivity index (χ0v) is 29.6. The van der Waals surface area contributed by atoms with Gasteiger partial charge in [0.2, 0.25) is 0 Å². The maximum atomic E-state index is 2.42. The van der Waals surface area contributed by atoms with Crippen molar-refractivity contribution in [2.75, 3.05) is 4.90 Å². The molecular formula is C47H45N. The second kappa shape index (κ2) is 10.6. The first-order chi connectivity index (χ1) is 22.8. The fourth-order valence-corrected chi connectivity index (χ4v) is 8.20. The molecule has 1 nitrogen and oxygen atoms in total. The lowest BCUT2D eigenvalue weighted by Crippen LogP contribution is -2.16. The van der Waals surface area contributed by atoms with E-state index in [1.807, 2.05) is 0 Å². The van der Waals surface area contributed by atoms with E-state index in [0.29, 0.717) is 0 Å². The fourth-order valence-electron chi connectivity index (χ4n) is 8.20. The molecule has 0 atom stereocenters. The van der Waals surface area contributed by atoms with Gasteiger partial charge < -0.3 is 4.90 Å². The maximum Gasteiger partial charge on any atom is 0.0468 e. The van der Waals surface area contributed by atoms with Crippen LogP contribution in [0, 0.1) is 0 Å². The van der Waals surface area contributed by atoms with Crippen molar-refractivity contribution in [1.82, 2.24) is 0 Å². The highest BCUT2D eigenvalue weighted by Crippen LogP contribution is 2.56. The lowest BCUT2D eigenvalue weighted by atomic mass is 9.78. The standard InChI is InChI=1S/C47H45N/c1-45(2,3)31-18-22-33(23-19-31)48(34-24-20-32(21-25-34)46(4,5)6)35-26-28-36-30(29-35)17-27-41-42-39-15-11-9-13-37(39)38-14-10-12-16-40(38)44(42)47(7,8)43(36)41/h9-29H,1-8H3. The van der Waals surface area contributed by atoms with Crippen molar-refractivity contribution >= 4 is 49.4 Å². The Kier molecular flexibility index (Phi) is 6.70. The summed E-state index contributed by atoms with van der Waals surface area (Å²) in [4.78, 5) is 2.41. The highest BCUT2D eigenvalue weighted by molar-refractivity contribution is 6.19. The topological polar surface area (TPSA) is 3.24 Å². The minimum atomic E-state index is -0.152. The summed E-state index contributed by atoms with van der Waals surface area (Å²) in [6.45, 7) is 18.5. The van der Waals surface area contributed by atoms with Gasteiger partial charge in [0, 0.05) is 22.5 Å². The molecule has 0 heterocycles. The third kappa shape index (κ3) is 4.66. The summed E-state index contributed by atoms with van der Waals surface area (Å²) >= 11 is 0. The van der Waals surface area contributed by atoms with Crippen LogP contribution in [0.2, 0.25) is 0 Å². The van der Waals surface area contributed by atoms with Gasteiger partial charge in [0.1, 0.15) is 0 Å². The van der Waals surface area contributed by atoms with Crippen LogP contribution < -0.4 is 4.90 Å². The molecule has 0 bridgehead atoms. The third-order valence-corrected chi connectivity index (χ3v) is 10.7. The normalized spacial score (nSPS) is 14.0. The summed E-state index contributed by atoms with van der Waals surface area (Å²) in [6, 6.07) is 48.0. The third-order valence-electron chi connectivity index (χ3n) is 10.7. The van der Waals surface area contributed by atoms with Crippen molar-refractivity contribution in [3.05, 3.63) is 150 Å². The number of rotatable bonds is 3. The van der Waals surface area contributed by atoms with Gasteiger partial charge in [-0.05, 0) is 113 Å². The van der Waals surface area contributed by atoms with Gasteiger partial charge in [0.05, 0.1) is 0 Å². The smallest absolute Gasteiger partial charge is 0.0468 e. The average molecular weight is 624 g/mol. The number of hydrogen-bond acceptors (Lipinski definition) is 1. The molecule has 0 saturated heterocycles. The summed E-state index contributed by atoms with van der Waals surface area (Å²) in [5.41, 5.74) is 11.9. The van der Waals surface area contributed by atoms with E-state index in [2.05, 4.69) is 188 Å². The summed E-state index contributed by atoms with van der Waals surface area (Å²) in [5.74, 6) is 0. The first-order valence-electron chi connectivity index (χ1n) is 17.4. The number of fused-ring (bicyclic) bond motifs is 10. The van der Waals surface area contributed by atoms with Crippen LogP contribution >= 0.6 is 0 Å². The lowest BCUT2D eigenvalue weighted by molar-refractivity contribution is 0.590. The molecule has 0 unspecified atom stereocenters. The van der Waals surface area contributed by atoms with E-state index in [0.717, 1.165) is 11.4 Å². The molecule has 8 rings (SSSR count). The Bertz CT molecular complexity index is 2300. The van der Waals surface area contributed by atoms with Gasteiger partial charge in [-0.1, -0.05) is 146 Å². The molecule has 0 aliphatic heterocycles. The van der Waals surface area contributed by atoms with E-state index in [9.17, 15) is 0 Å². The highest BCUT2D eigenvalue weighted by atomic mass is 15.1. The van der Waals surface area contributed by atoms with Gasteiger partial charge in [-0.15, -0.1) is 0 Å². The Balaban J connectivity index is 1.32. The monoisotopic (exact) mass is 623 g/mol. The molecule has 1 aliphatic rings. The van der Waals surface area contributed by atoms with Crippen molar-refractivity contribution in [2.24, 2.45) is 0 Å². The molecule has 238 valence electrons. The van der Waals surface area contributed by atoms with Crippen molar-refractivity contribution in [3.8, 4) is 11.1 Å². The van der Waals surface area contributed by atoms with Crippen molar-refractivity contribution in [2.45, 2.75) is 71.6 Å². The molecule has 48 heavy (non-hydrogen) atoms. The van der Waals surface area contributed by atoms with Crippen LogP contribution in [0.4, 0.5) is 17.1 Å². The largest absolute Gasteiger partial charge is 0.310 e. The Hall–Kier alpha value is -4.88. The molecule has 0 N–H and O–H groups in total. The van der Waals surface area contributed by atoms with E-state index in [1.165, 1.54) is 71.4 Å². The Morgan fingerprint density at radius 1 is 0.438 bits per heavy atom. The van der Waals surface area contributed by atoms with Crippen LogP contribution in [-0.2, 0) is 16.2 Å². The summed E-state index contributed by atoms with van der Waals surface area (Å²) in [6.07, 6.45) is 0. The predicted octanol–water partition coefficient (Wildman–Crippen LogP) is 13.5. The van der Waals surface area contributed by atoms with E-state index in [1.54, 1.807) is 0 Å². The quantitative estimate of drug-likeness (QED) is 0.177. The summed E-state index contributed by atoms with van der Waals surface area (Å²) in [7, 11) is 0. The van der Waals surface area contributed by atoms with Crippen LogP contribution in [0.15, 0.2) is 127 Å². The van der Waals surface area contributed by atoms with E-state index >= 15 is 0 Å². The summed E-state index contributed by atoms with van der Waals surface area (Å²) in [5, 5.41) is 7.97. The van der Waals surface area contributed by atoms with Gasteiger partial charge in [-0.2, -0.15) is 0 Å². The number of anilines is 3. The minimum absolute atomic E-state index is 0.0993. The molecule has 1 aliphatic carbocycles. The molecule has 7 aromatic rings. The Morgan fingerprint density at radius 2 is 0.917 bits per heavy atom. The second-order valence-electron chi connectivity index (χ2n) is 16.3. The van der Waals surface area contributed by atoms with Crippen molar-refractivity contribution in [3.63, 3.8) is 0 Å². The molecule has 7 aromatic carbocycles. The summed E-state index contributed by atoms with van der Waals surface area (Å²) < 4.78 is 0. The number of hydrogen-bond donors (Lipinski definition) is 0. The molecule has 0 aromatic heterocycles. The van der Waals surface area contributed by atoms with Crippen molar-refractivity contribution < 1.29 is 0 Å². The predicted molar refractivity (Wildman–Crippen MR) is 209 cm³/mol. The van der Waals surface area contributed by atoms with E-state index in [4.69, 9.17) is 0 Å². The molecule has 0 spiro atoms.